The molecule has 5 heteroatoms. The lowest BCUT2D eigenvalue weighted by Gasteiger charge is -2.16. The van der Waals surface area contributed by atoms with Crippen molar-refractivity contribution in [2.45, 2.75) is 26.3 Å². The molecule has 1 amide bonds. The molecular formula is C12H16N2O3. The Labute approximate surface area is 100 Å². The fraction of sp³-hybridized carbons (Fsp3) is 0.417. The smallest absolute Gasteiger partial charge is 0.308 e. The average molecular weight is 236 g/mol. The molecule has 0 aliphatic rings. The van der Waals surface area contributed by atoms with E-state index in [1.807, 2.05) is 6.07 Å². The van der Waals surface area contributed by atoms with E-state index in [4.69, 9.17) is 4.74 Å². The highest BCUT2D eigenvalue weighted by Crippen LogP contribution is 2.16. The molecule has 1 aromatic heterocycles. The molecule has 0 fully saturated rings. The van der Waals surface area contributed by atoms with Crippen molar-refractivity contribution >= 4 is 11.9 Å². The Bertz CT molecular complexity index is 379. The molecular weight excluding hydrogens is 220 g/mol. The van der Waals surface area contributed by atoms with Crippen LogP contribution in [0.5, 0.6) is 0 Å². The number of esters is 1. The molecule has 1 N–H and O–H groups in total. The van der Waals surface area contributed by atoms with Gasteiger partial charge in [0.25, 0.3) is 0 Å². The van der Waals surface area contributed by atoms with Crippen LogP contribution in [0.4, 0.5) is 0 Å². The molecule has 92 valence electrons. The van der Waals surface area contributed by atoms with Crippen LogP contribution in [0.2, 0.25) is 0 Å². The Balaban J connectivity index is 2.74. The van der Waals surface area contributed by atoms with E-state index in [0.29, 0.717) is 6.61 Å². The van der Waals surface area contributed by atoms with Gasteiger partial charge in [0.15, 0.2) is 0 Å². The summed E-state index contributed by atoms with van der Waals surface area (Å²) in [7, 11) is 0. The zero-order valence-electron chi connectivity index (χ0n) is 9.97. The monoisotopic (exact) mass is 236 g/mol. The predicted octanol–water partition coefficient (Wildman–Crippen LogP) is 1.21. The SMILES string of the molecule is CCOC(=O)C[C@@H](NC(C)=O)c1cccnc1. The maximum Gasteiger partial charge on any atom is 0.308 e. The fourth-order valence-electron chi connectivity index (χ4n) is 1.47. The summed E-state index contributed by atoms with van der Waals surface area (Å²) in [5, 5.41) is 2.71. The standard InChI is InChI=1S/C12H16N2O3/c1-3-17-12(16)7-11(14-9(2)15)10-5-4-6-13-8-10/h4-6,8,11H,3,7H2,1-2H3,(H,14,15)/t11-/m1/s1. The molecule has 0 saturated carbocycles. The van der Waals surface area contributed by atoms with Crippen molar-refractivity contribution in [1.29, 1.82) is 0 Å². The second kappa shape index (κ2) is 6.62. The number of pyridine rings is 1. The van der Waals surface area contributed by atoms with E-state index in [0.717, 1.165) is 5.56 Å². The highest BCUT2D eigenvalue weighted by Gasteiger charge is 2.17. The van der Waals surface area contributed by atoms with E-state index >= 15 is 0 Å². The first kappa shape index (κ1) is 13.2. The third-order valence-electron chi connectivity index (χ3n) is 2.14. The van der Waals surface area contributed by atoms with Crippen LogP contribution >= 0.6 is 0 Å². The first-order chi connectivity index (χ1) is 8.13. The van der Waals surface area contributed by atoms with Crippen molar-refractivity contribution < 1.29 is 14.3 Å². The second-order valence-corrected chi connectivity index (χ2v) is 3.55. The molecule has 0 aliphatic heterocycles. The number of rotatable bonds is 5. The van der Waals surface area contributed by atoms with Crippen LogP contribution in [0.1, 0.15) is 31.9 Å². The van der Waals surface area contributed by atoms with Crippen LogP contribution in [0, 0.1) is 0 Å². The Hall–Kier alpha value is -1.91. The number of aromatic nitrogens is 1. The highest BCUT2D eigenvalue weighted by atomic mass is 16.5. The van der Waals surface area contributed by atoms with E-state index in [1.165, 1.54) is 6.92 Å². The molecule has 5 nitrogen and oxygen atoms in total. The molecule has 0 radical (unpaired) electrons. The number of carbonyl (C=O) groups excluding carboxylic acids is 2. The molecule has 0 unspecified atom stereocenters. The van der Waals surface area contributed by atoms with E-state index < -0.39 is 0 Å². The summed E-state index contributed by atoms with van der Waals surface area (Å²) in [4.78, 5) is 26.5. The lowest BCUT2D eigenvalue weighted by molar-refractivity contribution is -0.143. The maximum atomic E-state index is 11.4. The average Bonchev–Trinajstić information content (AvgIpc) is 2.29. The summed E-state index contributed by atoms with van der Waals surface area (Å²) in [5.74, 6) is -0.529. The van der Waals surface area contributed by atoms with Gasteiger partial charge in [-0.3, -0.25) is 14.6 Å². The zero-order chi connectivity index (χ0) is 12.7. The summed E-state index contributed by atoms with van der Waals surface area (Å²) in [6.07, 6.45) is 3.37. The lowest BCUT2D eigenvalue weighted by atomic mass is 10.1. The first-order valence-electron chi connectivity index (χ1n) is 5.46. The Kier molecular flexibility index (Phi) is 5.13. The quantitative estimate of drug-likeness (QED) is 0.780. The van der Waals surface area contributed by atoms with Crippen molar-refractivity contribution in [1.82, 2.24) is 10.3 Å². The highest BCUT2D eigenvalue weighted by molar-refractivity contribution is 5.75. The summed E-state index contributed by atoms with van der Waals surface area (Å²) >= 11 is 0. The van der Waals surface area contributed by atoms with Crippen molar-refractivity contribution in [2.75, 3.05) is 6.61 Å². The summed E-state index contributed by atoms with van der Waals surface area (Å²) in [6, 6.07) is 3.18. The van der Waals surface area contributed by atoms with Crippen molar-refractivity contribution in [3.63, 3.8) is 0 Å². The van der Waals surface area contributed by atoms with Gasteiger partial charge in [0.1, 0.15) is 0 Å². The minimum Gasteiger partial charge on any atom is -0.466 e. The molecule has 0 aliphatic carbocycles. The fourth-order valence-corrected chi connectivity index (χ4v) is 1.47. The van der Waals surface area contributed by atoms with Gasteiger partial charge in [0.05, 0.1) is 19.1 Å². The number of nitrogens with one attached hydrogen (secondary N) is 1. The minimum atomic E-state index is -0.389. The molecule has 1 aromatic rings. The van der Waals surface area contributed by atoms with E-state index in [9.17, 15) is 9.59 Å². The van der Waals surface area contributed by atoms with Crippen LogP contribution in [0.3, 0.4) is 0 Å². The number of nitrogens with zero attached hydrogens (tertiary/aromatic N) is 1. The minimum absolute atomic E-state index is 0.110. The van der Waals surface area contributed by atoms with Gasteiger partial charge in [-0.05, 0) is 18.6 Å². The molecule has 1 heterocycles. The van der Waals surface area contributed by atoms with Gasteiger partial charge in [-0.1, -0.05) is 6.07 Å². The summed E-state index contributed by atoms with van der Waals surface area (Å²) in [5.41, 5.74) is 0.788. The molecule has 1 rings (SSSR count). The number of ether oxygens (including phenoxy) is 1. The third kappa shape index (κ3) is 4.63. The second-order valence-electron chi connectivity index (χ2n) is 3.55. The van der Waals surface area contributed by atoms with Gasteiger partial charge < -0.3 is 10.1 Å². The van der Waals surface area contributed by atoms with Gasteiger partial charge in [-0.15, -0.1) is 0 Å². The van der Waals surface area contributed by atoms with Gasteiger partial charge >= 0.3 is 5.97 Å². The molecule has 0 aromatic carbocycles. The largest absolute Gasteiger partial charge is 0.466 e. The molecule has 0 saturated heterocycles. The summed E-state index contributed by atoms with van der Waals surface area (Å²) < 4.78 is 4.86. The van der Waals surface area contributed by atoms with Crippen molar-refractivity contribution in [3.05, 3.63) is 30.1 Å². The number of hydrogen-bond donors (Lipinski definition) is 1. The number of hydrogen-bond acceptors (Lipinski definition) is 4. The van der Waals surface area contributed by atoms with Crippen LogP contribution in [0.25, 0.3) is 0 Å². The normalized spacial score (nSPS) is 11.6. The van der Waals surface area contributed by atoms with E-state index in [1.54, 1.807) is 25.4 Å². The molecule has 17 heavy (non-hydrogen) atoms. The number of amides is 1. The van der Waals surface area contributed by atoms with Crippen LogP contribution in [-0.4, -0.2) is 23.5 Å². The van der Waals surface area contributed by atoms with E-state index in [-0.39, 0.29) is 24.3 Å². The Morgan fingerprint density at radius 3 is 2.82 bits per heavy atom. The maximum absolute atomic E-state index is 11.4. The Morgan fingerprint density at radius 2 is 2.29 bits per heavy atom. The topological polar surface area (TPSA) is 68.3 Å². The predicted molar refractivity (Wildman–Crippen MR) is 62.0 cm³/mol. The van der Waals surface area contributed by atoms with Crippen LogP contribution in [-0.2, 0) is 14.3 Å². The zero-order valence-corrected chi connectivity index (χ0v) is 9.97. The van der Waals surface area contributed by atoms with Crippen molar-refractivity contribution in [3.8, 4) is 0 Å². The van der Waals surface area contributed by atoms with Gasteiger partial charge in [0.2, 0.25) is 5.91 Å². The van der Waals surface area contributed by atoms with Gasteiger partial charge in [0, 0.05) is 19.3 Å². The van der Waals surface area contributed by atoms with E-state index in [2.05, 4.69) is 10.3 Å². The van der Waals surface area contributed by atoms with Crippen LogP contribution in [0.15, 0.2) is 24.5 Å². The number of carbonyl (C=O) groups is 2. The van der Waals surface area contributed by atoms with Gasteiger partial charge in [-0.25, -0.2) is 0 Å². The first-order valence-corrected chi connectivity index (χ1v) is 5.46. The molecule has 1 atom stereocenters. The van der Waals surface area contributed by atoms with Gasteiger partial charge in [-0.2, -0.15) is 0 Å². The lowest BCUT2D eigenvalue weighted by Crippen LogP contribution is -2.28. The Morgan fingerprint density at radius 1 is 1.53 bits per heavy atom. The molecule has 0 spiro atoms. The summed E-state index contributed by atoms with van der Waals surface area (Å²) in [6.45, 7) is 3.49. The van der Waals surface area contributed by atoms with Crippen molar-refractivity contribution in [2.24, 2.45) is 0 Å². The molecule has 0 bridgehead atoms. The van der Waals surface area contributed by atoms with Crippen LogP contribution < -0.4 is 5.32 Å². The third-order valence-corrected chi connectivity index (χ3v) is 2.14.